The van der Waals surface area contributed by atoms with Gasteiger partial charge in [0.25, 0.3) is 5.91 Å². The third kappa shape index (κ3) is 3.51. The highest BCUT2D eigenvalue weighted by molar-refractivity contribution is 5.92. The third-order valence-corrected chi connectivity index (χ3v) is 4.12. The molecule has 0 aromatic carbocycles. The number of amides is 1. The number of nitrogens with zero attached hydrogens (tertiary/aromatic N) is 3. The molecule has 3 heterocycles. The van der Waals surface area contributed by atoms with Crippen LogP contribution in [0.2, 0.25) is 0 Å². The van der Waals surface area contributed by atoms with Crippen LogP contribution in [0.15, 0.2) is 43.2 Å². The van der Waals surface area contributed by atoms with Crippen LogP contribution in [-0.2, 0) is 24.3 Å². The molecule has 1 aliphatic rings. The normalized spacial score (nSPS) is 13.5. The lowest BCUT2D eigenvalue weighted by atomic mass is 9.97. The van der Waals surface area contributed by atoms with E-state index in [0.29, 0.717) is 32.0 Å². The minimum Gasteiger partial charge on any atom is -0.373 e. The Morgan fingerprint density at radius 3 is 3.08 bits per heavy atom. The van der Waals surface area contributed by atoms with Gasteiger partial charge in [-0.05, 0) is 42.2 Å². The van der Waals surface area contributed by atoms with Crippen LogP contribution in [0, 0.1) is 6.92 Å². The first-order valence-electron chi connectivity index (χ1n) is 8.05. The Morgan fingerprint density at radius 2 is 2.29 bits per heavy atom. The first-order valence-corrected chi connectivity index (χ1v) is 8.05. The third-order valence-electron chi connectivity index (χ3n) is 4.12. The van der Waals surface area contributed by atoms with Crippen LogP contribution < -0.4 is 0 Å². The van der Waals surface area contributed by atoms with E-state index in [9.17, 15) is 4.79 Å². The van der Waals surface area contributed by atoms with Crippen molar-refractivity contribution in [2.45, 2.75) is 26.5 Å². The summed E-state index contributed by atoms with van der Waals surface area (Å²) in [6, 6.07) is 5.52. The van der Waals surface area contributed by atoms with Gasteiger partial charge in [-0.3, -0.25) is 9.78 Å². The van der Waals surface area contributed by atoms with Gasteiger partial charge in [-0.2, -0.15) is 0 Å². The van der Waals surface area contributed by atoms with Crippen molar-refractivity contribution in [3.63, 3.8) is 0 Å². The molecule has 24 heavy (non-hydrogen) atoms. The van der Waals surface area contributed by atoms with Crippen LogP contribution in [0.3, 0.4) is 0 Å². The molecule has 0 saturated heterocycles. The highest BCUT2D eigenvalue weighted by Gasteiger charge is 2.24. The molecule has 0 spiro atoms. The van der Waals surface area contributed by atoms with Gasteiger partial charge in [-0.25, -0.2) is 4.98 Å². The standard InChI is InChI=1S/C19H21N3O2/c1-3-9-24-13-16-11-20-10-15-12-22(8-7-17(15)16)19(23)18-6-4-5-14(2)21-18/h3-6,10-11H,1,7-9,12-13H2,2H3. The highest BCUT2D eigenvalue weighted by Crippen LogP contribution is 2.23. The van der Waals surface area contributed by atoms with Gasteiger partial charge in [0, 0.05) is 31.2 Å². The van der Waals surface area contributed by atoms with Gasteiger partial charge in [-0.1, -0.05) is 12.1 Å². The number of carbonyl (C=O) groups is 1. The summed E-state index contributed by atoms with van der Waals surface area (Å²) in [6.07, 6.45) is 6.23. The summed E-state index contributed by atoms with van der Waals surface area (Å²) in [5.74, 6) is -0.0299. The van der Waals surface area contributed by atoms with Crippen LogP contribution in [0.4, 0.5) is 0 Å². The smallest absolute Gasteiger partial charge is 0.272 e. The number of fused-ring (bicyclic) bond motifs is 1. The largest absolute Gasteiger partial charge is 0.373 e. The van der Waals surface area contributed by atoms with Crippen LogP contribution in [-0.4, -0.2) is 33.9 Å². The topological polar surface area (TPSA) is 55.3 Å². The Balaban J connectivity index is 1.76. The molecule has 0 bridgehead atoms. The van der Waals surface area contributed by atoms with Crippen LogP contribution in [0.5, 0.6) is 0 Å². The van der Waals surface area contributed by atoms with E-state index < -0.39 is 0 Å². The molecule has 3 rings (SSSR count). The van der Waals surface area contributed by atoms with Crippen LogP contribution >= 0.6 is 0 Å². The fourth-order valence-electron chi connectivity index (χ4n) is 2.94. The number of hydrogen-bond acceptors (Lipinski definition) is 4. The van der Waals surface area contributed by atoms with E-state index in [1.807, 2.05) is 36.4 Å². The zero-order valence-electron chi connectivity index (χ0n) is 13.9. The molecule has 0 N–H and O–H groups in total. The summed E-state index contributed by atoms with van der Waals surface area (Å²) in [4.78, 5) is 23.1. The molecular weight excluding hydrogens is 302 g/mol. The monoisotopic (exact) mass is 323 g/mol. The van der Waals surface area contributed by atoms with E-state index in [1.165, 1.54) is 5.56 Å². The van der Waals surface area contributed by atoms with E-state index in [-0.39, 0.29) is 5.91 Å². The molecule has 124 valence electrons. The lowest BCUT2D eigenvalue weighted by Crippen LogP contribution is -2.37. The van der Waals surface area contributed by atoms with Gasteiger partial charge in [0.2, 0.25) is 0 Å². The maximum Gasteiger partial charge on any atom is 0.272 e. The number of carbonyl (C=O) groups excluding carboxylic acids is 1. The SMILES string of the molecule is C=CCOCc1cncc2c1CCN(C(=O)c1cccc(C)n1)C2. The van der Waals surface area contributed by atoms with Crippen LogP contribution in [0.25, 0.3) is 0 Å². The van der Waals surface area contributed by atoms with E-state index >= 15 is 0 Å². The lowest BCUT2D eigenvalue weighted by Gasteiger charge is -2.29. The molecule has 2 aromatic heterocycles. The number of hydrogen-bond donors (Lipinski definition) is 0. The van der Waals surface area contributed by atoms with Crippen molar-refractivity contribution in [3.8, 4) is 0 Å². The number of aryl methyl sites for hydroxylation is 1. The van der Waals surface area contributed by atoms with Crippen LogP contribution in [0.1, 0.15) is 32.9 Å². The molecule has 0 saturated carbocycles. The molecule has 1 aliphatic heterocycles. The first-order chi connectivity index (χ1) is 11.7. The minimum atomic E-state index is -0.0299. The van der Waals surface area contributed by atoms with Gasteiger partial charge in [-0.15, -0.1) is 6.58 Å². The predicted molar refractivity (Wildman–Crippen MR) is 91.5 cm³/mol. The number of pyridine rings is 2. The van der Waals surface area contributed by atoms with Crippen molar-refractivity contribution in [1.82, 2.24) is 14.9 Å². The zero-order chi connectivity index (χ0) is 16.9. The van der Waals surface area contributed by atoms with Crippen molar-refractivity contribution in [1.29, 1.82) is 0 Å². The van der Waals surface area contributed by atoms with Crippen molar-refractivity contribution in [2.24, 2.45) is 0 Å². The molecule has 0 fully saturated rings. The molecule has 0 aliphatic carbocycles. The van der Waals surface area contributed by atoms with Gasteiger partial charge in [0.15, 0.2) is 0 Å². The fraction of sp³-hybridized carbons (Fsp3) is 0.316. The molecule has 0 unspecified atom stereocenters. The van der Waals surface area contributed by atoms with E-state index in [2.05, 4.69) is 16.5 Å². The molecule has 0 atom stereocenters. The van der Waals surface area contributed by atoms with Crippen molar-refractivity contribution < 1.29 is 9.53 Å². The lowest BCUT2D eigenvalue weighted by molar-refractivity contribution is 0.0727. The number of ether oxygens (including phenoxy) is 1. The predicted octanol–water partition coefficient (Wildman–Crippen LogP) is 2.69. The quantitative estimate of drug-likeness (QED) is 0.627. The van der Waals surface area contributed by atoms with Gasteiger partial charge in [0.05, 0.1) is 13.2 Å². The zero-order valence-corrected chi connectivity index (χ0v) is 13.9. The molecule has 0 radical (unpaired) electrons. The number of aromatic nitrogens is 2. The van der Waals surface area contributed by atoms with E-state index in [1.54, 1.807) is 12.1 Å². The Morgan fingerprint density at radius 1 is 1.42 bits per heavy atom. The summed E-state index contributed by atoms with van der Waals surface area (Å²) < 4.78 is 5.54. The van der Waals surface area contributed by atoms with Crippen molar-refractivity contribution >= 4 is 5.91 Å². The van der Waals surface area contributed by atoms with Gasteiger partial charge < -0.3 is 9.64 Å². The second-order valence-electron chi connectivity index (χ2n) is 5.88. The van der Waals surface area contributed by atoms with Gasteiger partial charge >= 0.3 is 0 Å². The molecule has 5 heteroatoms. The second-order valence-corrected chi connectivity index (χ2v) is 5.88. The average molecular weight is 323 g/mol. The Labute approximate surface area is 142 Å². The van der Waals surface area contributed by atoms with Crippen molar-refractivity contribution in [2.75, 3.05) is 13.2 Å². The fourth-order valence-corrected chi connectivity index (χ4v) is 2.94. The Kier molecular flexibility index (Phi) is 5.01. The number of rotatable bonds is 5. The Hall–Kier alpha value is -2.53. The minimum absolute atomic E-state index is 0.0299. The highest BCUT2D eigenvalue weighted by atomic mass is 16.5. The maximum atomic E-state index is 12.7. The molecule has 2 aromatic rings. The summed E-state index contributed by atoms with van der Waals surface area (Å²) in [5, 5.41) is 0. The summed E-state index contributed by atoms with van der Waals surface area (Å²) >= 11 is 0. The Bertz CT molecular complexity index is 758. The molecule has 5 nitrogen and oxygen atoms in total. The summed E-state index contributed by atoms with van der Waals surface area (Å²) in [6.45, 7) is 7.83. The second kappa shape index (κ2) is 7.36. The van der Waals surface area contributed by atoms with E-state index in [0.717, 1.165) is 23.2 Å². The first kappa shape index (κ1) is 16.3. The van der Waals surface area contributed by atoms with E-state index in [4.69, 9.17) is 4.74 Å². The average Bonchev–Trinajstić information content (AvgIpc) is 2.61. The summed E-state index contributed by atoms with van der Waals surface area (Å²) in [5.41, 5.74) is 4.77. The maximum absolute atomic E-state index is 12.7. The van der Waals surface area contributed by atoms with Crippen molar-refractivity contribution in [3.05, 3.63) is 71.3 Å². The molecule has 1 amide bonds. The summed E-state index contributed by atoms with van der Waals surface area (Å²) in [7, 11) is 0. The van der Waals surface area contributed by atoms with Gasteiger partial charge in [0.1, 0.15) is 5.69 Å². The molecular formula is C19H21N3O2.